The quantitative estimate of drug-likeness (QED) is 0.768. The fraction of sp³-hybridized carbons (Fsp3) is 0.0769. The Kier molecular flexibility index (Phi) is 3.80. The fourth-order valence-corrected chi connectivity index (χ4v) is 2.87. The number of hydrogen-bond donors (Lipinski definition) is 1. The molecule has 2 aromatic heterocycles. The minimum Gasteiger partial charge on any atom is -0.298 e. The van der Waals surface area contributed by atoms with Crippen LogP contribution in [0, 0.1) is 6.92 Å². The van der Waals surface area contributed by atoms with E-state index >= 15 is 0 Å². The molecular weight excluding hydrogens is 356 g/mol. The molecule has 1 amide bonds. The third kappa shape index (κ3) is 2.86. The number of hydrogen-bond acceptors (Lipinski definition) is 6. The lowest BCUT2D eigenvalue weighted by atomic mass is 10.2. The molecular formula is C13H9BrN4O2S. The summed E-state index contributed by atoms with van der Waals surface area (Å²) in [4.78, 5) is 16.5. The first-order chi connectivity index (χ1) is 10.1. The Balaban J connectivity index is 1.81. The number of aromatic nitrogens is 3. The maximum atomic E-state index is 12.2. The minimum atomic E-state index is -0.224. The van der Waals surface area contributed by atoms with Crippen LogP contribution in [0.3, 0.4) is 0 Å². The van der Waals surface area contributed by atoms with Crippen molar-refractivity contribution >= 4 is 38.3 Å². The Hall–Kier alpha value is -2.06. The van der Waals surface area contributed by atoms with Crippen LogP contribution in [0.4, 0.5) is 5.13 Å². The molecule has 0 bridgehead atoms. The van der Waals surface area contributed by atoms with Crippen LogP contribution in [-0.4, -0.2) is 21.2 Å². The molecule has 6 nitrogen and oxygen atoms in total. The molecule has 0 aliphatic carbocycles. The average Bonchev–Trinajstić information content (AvgIpc) is 3.08. The van der Waals surface area contributed by atoms with Crippen molar-refractivity contribution < 1.29 is 9.42 Å². The van der Waals surface area contributed by atoms with Gasteiger partial charge in [0.05, 0.1) is 5.56 Å². The Bertz CT molecular complexity index is 799. The molecule has 0 saturated heterocycles. The number of benzene rings is 1. The van der Waals surface area contributed by atoms with E-state index in [1.807, 2.05) is 12.1 Å². The molecule has 21 heavy (non-hydrogen) atoms. The smallest absolute Gasteiger partial charge is 0.258 e. The summed E-state index contributed by atoms with van der Waals surface area (Å²) in [5.74, 6) is -0.224. The summed E-state index contributed by atoms with van der Waals surface area (Å²) in [5.41, 5.74) is 2.41. The van der Waals surface area contributed by atoms with Crippen molar-refractivity contribution in [3.05, 3.63) is 45.4 Å². The molecule has 3 rings (SSSR count). The van der Waals surface area contributed by atoms with Crippen LogP contribution in [0.2, 0.25) is 0 Å². The van der Waals surface area contributed by atoms with Crippen LogP contribution >= 0.6 is 27.3 Å². The predicted octanol–water partition coefficient (Wildman–Crippen LogP) is 3.52. The molecule has 0 atom stereocenters. The van der Waals surface area contributed by atoms with Gasteiger partial charge < -0.3 is 0 Å². The molecule has 0 radical (unpaired) electrons. The third-order valence-electron chi connectivity index (χ3n) is 2.74. The third-order valence-corrected chi connectivity index (χ3v) is 4.19. The zero-order chi connectivity index (χ0) is 14.8. The molecule has 0 fully saturated rings. The standard InChI is InChI=1S/C13H9BrN4O2S/c1-7-11(18-20-17-7)10-6-21-13(15-10)16-12(19)8-4-2-3-5-9(8)14/h2-6H,1H3,(H,15,16,19). The summed E-state index contributed by atoms with van der Waals surface area (Å²) in [6.07, 6.45) is 0. The zero-order valence-corrected chi connectivity index (χ0v) is 13.2. The van der Waals surface area contributed by atoms with Gasteiger partial charge in [0.1, 0.15) is 11.4 Å². The molecule has 0 unspecified atom stereocenters. The molecule has 0 aliphatic rings. The number of carbonyl (C=O) groups excluding carboxylic acids is 1. The molecule has 3 aromatic rings. The maximum absolute atomic E-state index is 12.2. The lowest BCUT2D eigenvalue weighted by Gasteiger charge is -2.03. The molecule has 0 aliphatic heterocycles. The van der Waals surface area contributed by atoms with Gasteiger partial charge in [0.25, 0.3) is 5.91 Å². The topological polar surface area (TPSA) is 80.9 Å². The highest BCUT2D eigenvalue weighted by Crippen LogP contribution is 2.26. The number of halogens is 1. The summed E-state index contributed by atoms with van der Waals surface area (Å²) in [6, 6.07) is 7.20. The predicted molar refractivity (Wildman–Crippen MR) is 82.2 cm³/mol. The zero-order valence-electron chi connectivity index (χ0n) is 10.8. The van der Waals surface area contributed by atoms with Crippen molar-refractivity contribution in [2.24, 2.45) is 0 Å². The van der Waals surface area contributed by atoms with Gasteiger partial charge >= 0.3 is 0 Å². The molecule has 1 N–H and O–H groups in total. The van der Waals surface area contributed by atoms with E-state index in [0.717, 1.165) is 4.47 Å². The normalized spacial score (nSPS) is 10.6. The first-order valence-corrected chi connectivity index (χ1v) is 7.63. The van der Waals surface area contributed by atoms with Crippen molar-refractivity contribution in [2.75, 3.05) is 5.32 Å². The summed E-state index contributed by atoms with van der Waals surface area (Å²) < 4.78 is 5.38. The largest absolute Gasteiger partial charge is 0.298 e. The molecule has 2 heterocycles. The van der Waals surface area contributed by atoms with Gasteiger partial charge in [-0.3, -0.25) is 10.1 Å². The summed E-state index contributed by atoms with van der Waals surface area (Å²) in [6.45, 7) is 1.78. The Labute approximate surface area is 132 Å². The van der Waals surface area contributed by atoms with Gasteiger partial charge in [0, 0.05) is 9.85 Å². The van der Waals surface area contributed by atoms with Crippen molar-refractivity contribution in [2.45, 2.75) is 6.92 Å². The molecule has 106 valence electrons. The number of nitrogens with one attached hydrogen (secondary N) is 1. The summed E-state index contributed by atoms with van der Waals surface area (Å²) in [7, 11) is 0. The summed E-state index contributed by atoms with van der Waals surface area (Å²) in [5, 5.41) is 12.5. The molecule has 0 saturated carbocycles. The van der Waals surface area contributed by atoms with Crippen LogP contribution in [0.15, 0.2) is 38.7 Å². The lowest BCUT2D eigenvalue weighted by Crippen LogP contribution is -2.12. The first kappa shape index (κ1) is 13.9. The van der Waals surface area contributed by atoms with E-state index in [2.05, 4.69) is 41.2 Å². The average molecular weight is 365 g/mol. The van der Waals surface area contributed by atoms with E-state index in [-0.39, 0.29) is 5.91 Å². The number of amides is 1. The van der Waals surface area contributed by atoms with Crippen LogP contribution < -0.4 is 5.32 Å². The second-order valence-electron chi connectivity index (χ2n) is 4.17. The van der Waals surface area contributed by atoms with E-state index in [4.69, 9.17) is 0 Å². The number of thiazole rings is 1. The second kappa shape index (κ2) is 5.74. The SMILES string of the molecule is Cc1nonc1-c1csc(NC(=O)c2ccccc2Br)n1. The fourth-order valence-electron chi connectivity index (χ4n) is 1.71. The minimum absolute atomic E-state index is 0.224. The van der Waals surface area contributed by atoms with E-state index in [1.165, 1.54) is 11.3 Å². The molecule has 8 heteroatoms. The number of carbonyl (C=O) groups is 1. The van der Waals surface area contributed by atoms with Crippen molar-refractivity contribution in [3.63, 3.8) is 0 Å². The second-order valence-corrected chi connectivity index (χ2v) is 5.88. The molecule has 0 spiro atoms. The van der Waals surface area contributed by atoms with E-state index in [1.54, 1.807) is 24.4 Å². The van der Waals surface area contributed by atoms with Crippen LogP contribution in [0.1, 0.15) is 16.1 Å². The van der Waals surface area contributed by atoms with E-state index < -0.39 is 0 Å². The summed E-state index contributed by atoms with van der Waals surface area (Å²) >= 11 is 4.67. The maximum Gasteiger partial charge on any atom is 0.258 e. The van der Waals surface area contributed by atoms with Gasteiger partial charge in [-0.2, -0.15) is 0 Å². The number of aryl methyl sites for hydroxylation is 1. The first-order valence-electron chi connectivity index (χ1n) is 5.96. The van der Waals surface area contributed by atoms with Crippen molar-refractivity contribution in [1.29, 1.82) is 0 Å². The number of rotatable bonds is 3. The van der Waals surface area contributed by atoms with Gasteiger partial charge in [0.2, 0.25) is 0 Å². The highest BCUT2D eigenvalue weighted by atomic mass is 79.9. The Morgan fingerprint density at radius 3 is 2.86 bits per heavy atom. The van der Waals surface area contributed by atoms with Crippen LogP contribution in [0.25, 0.3) is 11.4 Å². The van der Waals surface area contributed by atoms with Gasteiger partial charge in [-0.05, 0) is 40.1 Å². The van der Waals surface area contributed by atoms with Crippen LogP contribution in [0.5, 0.6) is 0 Å². The van der Waals surface area contributed by atoms with E-state index in [0.29, 0.717) is 27.8 Å². The van der Waals surface area contributed by atoms with Gasteiger partial charge in [-0.1, -0.05) is 17.3 Å². The van der Waals surface area contributed by atoms with Crippen molar-refractivity contribution in [3.8, 4) is 11.4 Å². The number of nitrogens with zero attached hydrogens (tertiary/aromatic N) is 3. The van der Waals surface area contributed by atoms with Gasteiger partial charge in [-0.15, -0.1) is 11.3 Å². The highest BCUT2D eigenvalue weighted by Gasteiger charge is 2.15. The highest BCUT2D eigenvalue weighted by molar-refractivity contribution is 9.10. The Morgan fingerprint density at radius 2 is 2.14 bits per heavy atom. The van der Waals surface area contributed by atoms with Gasteiger partial charge in [0.15, 0.2) is 10.8 Å². The van der Waals surface area contributed by atoms with E-state index in [9.17, 15) is 4.79 Å². The number of anilines is 1. The lowest BCUT2D eigenvalue weighted by molar-refractivity contribution is 0.102. The molecule has 1 aromatic carbocycles. The van der Waals surface area contributed by atoms with Crippen molar-refractivity contribution in [1.82, 2.24) is 15.3 Å². The monoisotopic (exact) mass is 364 g/mol. The van der Waals surface area contributed by atoms with Gasteiger partial charge in [-0.25, -0.2) is 9.61 Å². The van der Waals surface area contributed by atoms with Crippen LogP contribution in [-0.2, 0) is 0 Å². The Morgan fingerprint density at radius 1 is 1.33 bits per heavy atom.